The Bertz CT molecular complexity index is 435. The Labute approximate surface area is 132 Å². The van der Waals surface area contributed by atoms with Crippen molar-refractivity contribution in [2.24, 2.45) is 0 Å². The smallest absolute Gasteiger partial charge is 0.223 e. The average Bonchev–Trinajstić information content (AvgIpc) is 2.51. The van der Waals surface area contributed by atoms with E-state index in [0.717, 1.165) is 67.6 Å². The van der Waals surface area contributed by atoms with Crippen molar-refractivity contribution in [3.05, 3.63) is 21.1 Å². The molecule has 2 aliphatic heterocycles. The van der Waals surface area contributed by atoms with Crippen LogP contribution in [0.25, 0.3) is 0 Å². The Kier molecular flexibility index (Phi) is 4.91. The fourth-order valence-electron chi connectivity index (χ4n) is 2.79. The van der Waals surface area contributed by atoms with Gasteiger partial charge in [-0.05, 0) is 66.1 Å². The third kappa shape index (κ3) is 3.16. The number of nitrogens with zero attached hydrogens (tertiary/aromatic N) is 2. The number of hydrogen-bond donors (Lipinski definition) is 0. The van der Waals surface area contributed by atoms with E-state index in [1.54, 1.807) is 0 Å². The van der Waals surface area contributed by atoms with Gasteiger partial charge in [0.1, 0.15) is 12.2 Å². The van der Waals surface area contributed by atoms with Gasteiger partial charge in [-0.1, -0.05) is 0 Å². The van der Waals surface area contributed by atoms with Gasteiger partial charge in [-0.2, -0.15) is 0 Å². The topological polar surface area (TPSA) is 44.2 Å². The lowest BCUT2D eigenvalue weighted by Crippen LogP contribution is -2.18. The standard InChI is InChI=1S/C14H18BrClN2O2/c15-11-12(9-5-1-3-7-19-9)17-14(16)18-13(11)10-6-2-4-8-20-10/h9-10H,1-8H2/t9-,10+. The minimum absolute atomic E-state index is 0.0148. The summed E-state index contributed by atoms with van der Waals surface area (Å²) in [5.41, 5.74) is 1.74. The molecule has 3 heterocycles. The molecule has 20 heavy (non-hydrogen) atoms. The van der Waals surface area contributed by atoms with Gasteiger partial charge in [-0.3, -0.25) is 0 Å². The lowest BCUT2D eigenvalue weighted by Gasteiger charge is -2.26. The van der Waals surface area contributed by atoms with E-state index in [0.29, 0.717) is 0 Å². The molecule has 2 aliphatic rings. The van der Waals surface area contributed by atoms with Crippen LogP contribution in [0.3, 0.4) is 0 Å². The summed E-state index contributed by atoms with van der Waals surface area (Å²) >= 11 is 9.75. The first kappa shape index (κ1) is 14.7. The maximum Gasteiger partial charge on any atom is 0.223 e. The molecule has 1 aromatic rings. The van der Waals surface area contributed by atoms with Crippen LogP contribution in [0.4, 0.5) is 0 Å². The van der Waals surface area contributed by atoms with Crippen LogP contribution in [0.1, 0.15) is 62.1 Å². The number of rotatable bonds is 2. The van der Waals surface area contributed by atoms with Gasteiger partial charge < -0.3 is 9.47 Å². The molecule has 0 amide bonds. The molecule has 1 aromatic heterocycles. The summed E-state index contributed by atoms with van der Waals surface area (Å²) in [5.74, 6) is 0. The first-order chi connectivity index (χ1) is 9.75. The first-order valence-electron chi connectivity index (χ1n) is 7.21. The van der Waals surface area contributed by atoms with Crippen LogP contribution >= 0.6 is 27.5 Å². The maximum atomic E-state index is 6.11. The summed E-state index contributed by atoms with van der Waals surface area (Å²) < 4.78 is 12.5. The van der Waals surface area contributed by atoms with Crippen LogP contribution in [-0.4, -0.2) is 23.2 Å². The van der Waals surface area contributed by atoms with Crippen molar-refractivity contribution in [2.45, 2.75) is 50.7 Å². The Balaban J connectivity index is 1.91. The highest BCUT2D eigenvalue weighted by Crippen LogP contribution is 2.38. The molecule has 0 aliphatic carbocycles. The van der Waals surface area contributed by atoms with Gasteiger partial charge >= 0.3 is 0 Å². The molecule has 3 rings (SSSR count). The minimum atomic E-state index is 0.0148. The number of halogens is 2. The largest absolute Gasteiger partial charge is 0.372 e. The van der Waals surface area contributed by atoms with E-state index in [1.807, 2.05) is 0 Å². The molecule has 2 fully saturated rings. The van der Waals surface area contributed by atoms with Crippen LogP contribution in [0.15, 0.2) is 4.47 Å². The maximum absolute atomic E-state index is 6.11. The second kappa shape index (κ2) is 6.69. The van der Waals surface area contributed by atoms with Crippen molar-refractivity contribution in [1.29, 1.82) is 0 Å². The molecule has 2 atom stereocenters. The van der Waals surface area contributed by atoms with Crippen molar-refractivity contribution in [2.75, 3.05) is 13.2 Å². The van der Waals surface area contributed by atoms with Gasteiger partial charge in [0, 0.05) is 13.2 Å². The molecule has 2 saturated heterocycles. The van der Waals surface area contributed by atoms with E-state index in [9.17, 15) is 0 Å². The van der Waals surface area contributed by atoms with Crippen molar-refractivity contribution in [1.82, 2.24) is 9.97 Å². The molecule has 0 N–H and O–H groups in total. The van der Waals surface area contributed by atoms with E-state index in [2.05, 4.69) is 25.9 Å². The van der Waals surface area contributed by atoms with Crippen LogP contribution in [0.2, 0.25) is 5.28 Å². The molecule has 0 spiro atoms. The van der Waals surface area contributed by atoms with E-state index in [-0.39, 0.29) is 17.5 Å². The molecule has 4 nitrogen and oxygen atoms in total. The Hall–Kier alpha value is -0.230. The third-order valence-corrected chi connectivity index (χ3v) is 4.83. The van der Waals surface area contributed by atoms with Gasteiger partial charge in [0.2, 0.25) is 5.28 Å². The molecule has 0 radical (unpaired) electrons. The highest BCUT2D eigenvalue weighted by atomic mass is 79.9. The molecule has 110 valence electrons. The quantitative estimate of drug-likeness (QED) is 0.733. The summed E-state index contributed by atoms with van der Waals surface area (Å²) in [6.45, 7) is 1.57. The van der Waals surface area contributed by atoms with Gasteiger partial charge in [-0.25, -0.2) is 9.97 Å². The minimum Gasteiger partial charge on any atom is -0.372 e. The Morgan fingerprint density at radius 1 is 0.900 bits per heavy atom. The van der Waals surface area contributed by atoms with Crippen molar-refractivity contribution >= 4 is 27.5 Å². The predicted molar refractivity (Wildman–Crippen MR) is 79.8 cm³/mol. The van der Waals surface area contributed by atoms with Crippen molar-refractivity contribution < 1.29 is 9.47 Å². The summed E-state index contributed by atoms with van der Waals surface area (Å²) in [4.78, 5) is 8.76. The zero-order chi connectivity index (χ0) is 13.9. The second-order valence-corrected chi connectivity index (χ2v) is 6.42. The highest BCUT2D eigenvalue weighted by molar-refractivity contribution is 9.10. The van der Waals surface area contributed by atoms with Crippen LogP contribution < -0.4 is 0 Å². The van der Waals surface area contributed by atoms with Gasteiger partial charge in [0.25, 0.3) is 0 Å². The summed E-state index contributed by atoms with van der Waals surface area (Å²) in [7, 11) is 0. The van der Waals surface area contributed by atoms with E-state index in [1.165, 1.54) is 0 Å². The Morgan fingerprint density at radius 3 is 1.80 bits per heavy atom. The molecule has 0 saturated carbocycles. The van der Waals surface area contributed by atoms with E-state index in [4.69, 9.17) is 21.1 Å². The van der Waals surface area contributed by atoms with Crippen molar-refractivity contribution in [3.63, 3.8) is 0 Å². The SMILES string of the molecule is Clc1nc([C@@H]2CCCCO2)c(Br)c([C@H]2CCCCO2)n1. The molecule has 0 bridgehead atoms. The third-order valence-electron chi connectivity index (χ3n) is 3.84. The zero-order valence-electron chi connectivity index (χ0n) is 11.3. The fraction of sp³-hybridized carbons (Fsp3) is 0.714. The lowest BCUT2D eigenvalue weighted by molar-refractivity contribution is 0.00629. The Morgan fingerprint density at radius 2 is 1.40 bits per heavy atom. The zero-order valence-corrected chi connectivity index (χ0v) is 13.6. The van der Waals surface area contributed by atoms with E-state index < -0.39 is 0 Å². The average molecular weight is 362 g/mol. The molecule has 6 heteroatoms. The second-order valence-electron chi connectivity index (χ2n) is 5.29. The highest BCUT2D eigenvalue weighted by Gasteiger charge is 2.27. The normalized spacial score (nSPS) is 27.5. The predicted octanol–water partition coefficient (Wildman–Crippen LogP) is 4.38. The molecular weight excluding hydrogens is 344 g/mol. The summed E-state index contributed by atoms with van der Waals surface area (Å²) in [6.07, 6.45) is 6.55. The number of hydrogen-bond acceptors (Lipinski definition) is 4. The fourth-order valence-corrected chi connectivity index (χ4v) is 3.66. The monoisotopic (exact) mass is 360 g/mol. The molecule has 0 aromatic carbocycles. The van der Waals surface area contributed by atoms with Gasteiger partial charge in [-0.15, -0.1) is 0 Å². The molecular formula is C14H18BrClN2O2. The lowest BCUT2D eigenvalue weighted by atomic mass is 10.0. The summed E-state index contributed by atoms with van der Waals surface area (Å²) in [5, 5.41) is 0.279. The van der Waals surface area contributed by atoms with Gasteiger partial charge in [0.15, 0.2) is 0 Å². The van der Waals surface area contributed by atoms with E-state index >= 15 is 0 Å². The summed E-state index contributed by atoms with van der Waals surface area (Å²) in [6, 6.07) is 0. The van der Waals surface area contributed by atoms with Crippen LogP contribution in [0.5, 0.6) is 0 Å². The molecule has 0 unspecified atom stereocenters. The first-order valence-corrected chi connectivity index (χ1v) is 8.39. The number of ether oxygens (including phenoxy) is 2. The van der Waals surface area contributed by atoms with Gasteiger partial charge in [0.05, 0.1) is 15.9 Å². The van der Waals surface area contributed by atoms with Crippen molar-refractivity contribution in [3.8, 4) is 0 Å². The number of aromatic nitrogens is 2. The van der Waals surface area contributed by atoms with Crippen LogP contribution in [-0.2, 0) is 9.47 Å². The van der Waals surface area contributed by atoms with Crippen LogP contribution in [0, 0.1) is 0 Å².